The number of fused-ring (bicyclic) bond motifs is 1. The average Bonchev–Trinajstić information content (AvgIpc) is 3.12. The molecule has 2 heterocycles. The summed E-state index contributed by atoms with van der Waals surface area (Å²) in [6.07, 6.45) is 3.31. The number of anilines is 2. The number of nitrogens with one attached hydrogen (secondary N) is 1. The molecule has 4 aromatic rings. The Hall–Kier alpha value is -3.64. The van der Waals surface area contributed by atoms with Crippen molar-refractivity contribution in [1.82, 2.24) is 19.5 Å². The molecule has 7 nitrogen and oxygen atoms in total. The lowest BCUT2D eigenvalue weighted by molar-refractivity contribution is 0.629. The van der Waals surface area contributed by atoms with Crippen molar-refractivity contribution in [1.29, 1.82) is 5.26 Å². The molecule has 0 unspecified atom stereocenters. The monoisotopic (exact) mass is 419 g/mol. The Morgan fingerprint density at radius 2 is 2.07 bits per heavy atom. The predicted molar refractivity (Wildman–Crippen MR) is 116 cm³/mol. The maximum atomic E-state index is 13.9. The highest BCUT2D eigenvalue weighted by molar-refractivity contribution is 7.98. The van der Waals surface area contributed by atoms with Gasteiger partial charge in [0.1, 0.15) is 41.2 Å². The third-order valence-electron chi connectivity index (χ3n) is 4.68. The Balaban J connectivity index is 1.86. The van der Waals surface area contributed by atoms with Gasteiger partial charge in [0.2, 0.25) is 0 Å². The van der Waals surface area contributed by atoms with Crippen molar-refractivity contribution in [2.45, 2.75) is 17.9 Å². The van der Waals surface area contributed by atoms with E-state index >= 15 is 0 Å². The molecule has 4 rings (SSSR count). The first kappa shape index (κ1) is 19.7. The van der Waals surface area contributed by atoms with Crippen molar-refractivity contribution in [2.75, 3.05) is 17.3 Å². The number of rotatable bonds is 5. The molecule has 2 aromatic heterocycles. The molecule has 0 bridgehead atoms. The fourth-order valence-corrected chi connectivity index (χ4v) is 3.73. The van der Waals surface area contributed by atoms with Crippen LogP contribution in [0.25, 0.3) is 16.7 Å². The van der Waals surface area contributed by atoms with Crippen LogP contribution < -0.4 is 11.1 Å². The zero-order valence-corrected chi connectivity index (χ0v) is 17.1. The van der Waals surface area contributed by atoms with Crippen LogP contribution in [0, 0.1) is 17.1 Å². The molecule has 3 N–H and O–H groups in total. The molecule has 0 aliphatic heterocycles. The first-order valence-electron chi connectivity index (χ1n) is 9.11. The van der Waals surface area contributed by atoms with Gasteiger partial charge in [-0.1, -0.05) is 6.07 Å². The third kappa shape index (κ3) is 3.53. The molecule has 0 saturated carbocycles. The van der Waals surface area contributed by atoms with Gasteiger partial charge in [-0.15, -0.1) is 11.8 Å². The van der Waals surface area contributed by atoms with Crippen molar-refractivity contribution in [3.63, 3.8) is 0 Å². The molecular formula is C21H18FN7S. The third-order valence-corrected chi connectivity index (χ3v) is 5.41. The van der Waals surface area contributed by atoms with Crippen LogP contribution in [-0.2, 0) is 0 Å². The predicted octanol–water partition coefficient (Wildman–Crippen LogP) is 4.30. The van der Waals surface area contributed by atoms with Gasteiger partial charge < -0.3 is 11.1 Å². The van der Waals surface area contributed by atoms with E-state index in [1.807, 2.05) is 42.0 Å². The van der Waals surface area contributed by atoms with Crippen molar-refractivity contribution >= 4 is 34.4 Å². The minimum atomic E-state index is -0.361. The first-order chi connectivity index (χ1) is 14.5. The summed E-state index contributed by atoms with van der Waals surface area (Å²) in [5, 5.41) is 12.6. The SMILES string of the molecule is CSc1cccc(-n2c([C@@H](C)Nc3ncnc(N)c3C#N)nc3cc(F)ccc32)c1. The van der Waals surface area contributed by atoms with Crippen LogP contribution in [0.5, 0.6) is 0 Å². The van der Waals surface area contributed by atoms with E-state index in [-0.39, 0.29) is 23.2 Å². The number of nitriles is 1. The highest BCUT2D eigenvalue weighted by Gasteiger charge is 2.20. The summed E-state index contributed by atoms with van der Waals surface area (Å²) in [5.41, 5.74) is 8.19. The molecule has 0 fully saturated rings. The lowest BCUT2D eigenvalue weighted by atomic mass is 10.2. The van der Waals surface area contributed by atoms with Crippen molar-refractivity contribution < 1.29 is 4.39 Å². The van der Waals surface area contributed by atoms with Gasteiger partial charge in [0, 0.05) is 16.6 Å². The van der Waals surface area contributed by atoms with Gasteiger partial charge in [-0.05, 0) is 43.5 Å². The van der Waals surface area contributed by atoms with E-state index in [1.54, 1.807) is 17.8 Å². The quantitative estimate of drug-likeness (QED) is 0.465. The molecule has 0 spiro atoms. The van der Waals surface area contributed by atoms with Crippen molar-refractivity contribution in [2.24, 2.45) is 0 Å². The van der Waals surface area contributed by atoms with E-state index in [9.17, 15) is 9.65 Å². The topological polar surface area (TPSA) is 105 Å². The second kappa shape index (κ2) is 8.00. The fraction of sp³-hybridized carbons (Fsp3) is 0.143. The maximum Gasteiger partial charge on any atom is 0.150 e. The fourth-order valence-electron chi connectivity index (χ4n) is 3.27. The number of hydrogen-bond acceptors (Lipinski definition) is 7. The average molecular weight is 419 g/mol. The molecule has 0 aliphatic rings. The summed E-state index contributed by atoms with van der Waals surface area (Å²) in [4.78, 5) is 13.8. The second-order valence-corrected chi connectivity index (χ2v) is 7.48. The van der Waals surface area contributed by atoms with Crippen molar-refractivity contribution in [3.8, 4) is 11.8 Å². The Kier molecular flexibility index (Phi) is 5.25. The van der Waals surface area contributed by atoms with Gasteiger partial charge in [0.25, 0.3) is 0 Å². The second-order valence-electron chi connectivity index (χ2n) is 6.60. The molecular weight excluding hydrogens is 401 g/mol. The Labute approximate surface area is 176 Å². The Bertz CT molecular complexity index is 1280. The minimum absolute atomic E-state index is 0.102. The molecule has 0 radical (unpaired) electrons. The number of nitrogens with two attached hydrogens (primary N) is 1. The van der Waals surface area contributed by atoms with Crippen LogP contribution in [0.3, 0.4) is 0 Å². The standard InChI is InChI=1S/C21H18FN7S/c1-12(27-20-16(10-23)19(24)25-11-26-20)21-28-17-8-13(22)6-7-18(17)29(21)14-4-3-5-15(9-14)30-2/h3-9,11-12H,1-2H3,(H3,24,25,26,27)/t12-/m1/s1. The highest BCUT2D eigenvalue weighted by Crippen LogP contribution is 2.30. The number of imidazole rings is 1. The highest BCUT2D eigenvalue weighted by atomic mass is 32.2. The van der Waals surface area contributed by atoms with E-state index in [0.717, 1.165) is 16.1 Å². The van der Waals surface area contributed by atoms with E-state index in [0.29, 0.717) is 17.2 Å². The van der Waals surface area contributed by atoms with Gasteiger partial charge in [-0.25, -0.2) is 19.3 Å². The Morgan fingerprint density at radius 1 is 1.23 bits per heavy atom. The largest absolute Gasteiger partial charge is 0.382 e. The molecule has 0 saturated heterocycles. The molecule has 0 amide bonds. The molecule has 2 aromatic carbocycles. The normalized spacial score (nSPS) is 11.9. The lowest BCUT2D eigenvalue weighted by Crippen LogP contribution is -2.15. The summed E-state index contributed by atoms with van der Waals surface area (Å²) >= 11 is 1.64. The molecule has 9 heteroatoms. The molecule has 150 valence electrons. The number of aromatic nitrogens is 4. The lowest BCUT2D eigenvalue weighted by Gasteiger charge is -2.18. The molecule has 0 aliphatic carbocycles. The van der Waals surface area contributed by atoms with E-state index in [4.69, 9.17) is 5.73 Å². The summed E-state index contributed by atoms with van der Waals surface area (Å²) < 4.78 is 15.8. The van der Waals surface area contributed by atoms with Crippen LogP contribution in [0.2, 0.25) is 0 Å². The maximum absolute atomic E-state index is 13.9. The summed E-state index contributed by atoms with van der Waals surface area (Å²) in [7, 11) is 0. The van der Waals surface area contributed by atoms with E-state index in [1.165, 1.54) is 18.5 Å². The number of thioether (sulfide) groups is 1. The van der Waals surface area contributed by atoms with E-state index < -0.39 is 0 Å². The van der Waals surface area contributed by atoms with Gasteiger partial charge in [0.15, 0.2) is 0 Å². The Morgan fingerprint density at radius 3 is 2.83 bits per heavy atom. The van der Waals surface area contributed by atoms with E-state index in [2.05, 4.69) is 26.3 Å². The van der Waals surface area contributed by atoms with Crippen molar-refractivity contribution in [3.05, 3.63) is 66.0 Å². The van der Waals surface area contributed by atoms with Gasteiger partial charge in [0.05, 0.1) is 17.1 Å². The van der Waals surface area contributed by atoms with Crippen LogP contribution in [-0.4, -0.2) is 25.8 Å². The number of hydrogen-bond donors (Lipinski definition) is 2. The van der Waals surface area contributed by atoms with Gasteiger partial charge >= 0.3 is 0 Å². The summed E-state index contributed by atoms with van der Waals surface area (Å²) in [5.74, 6) is 0.716. The number of nitrogen functional groups attached to an aromatic ring is 1. The first-order valence-corrected chi connectivity index (χ1v) is 10.3. The summed E-state index contributed by atoms with van der Waals surface area (Å²) in [6.45, 7) is 1.89. The minimum Gasteiger partial charge on any atom is -0.382 e. The number of halogens is 1. The molecule has 30 heavy (non-hydrogen) atoms. The summed E-state index contributed by atoms with van der Waals surface area (Å²) in [6, 6.07) is 14.2. The number of benzene rings is 2. The number of nitrogens with zero attached hydrogens (tertiary/aromatic N) is 5. The van der Waals surface area contributed by atoms with Gasteiger partial charge in [-0.3, -0.25) is 4.57 Å². The van der Waals surface area contributed by atoms with Crippen LogP contribution >= 0.6 is 11.8 Å². The smallest absolute Gasteiger partial charge is 0.150 e. The zero-order valence-electron chi connectivity index (χ0n) is 16.3. The zero-order chi connectivity index (χ0) is 21.3. The van der Waals surface area contributed by atoms with Gasteiger partial charge in [-0.2, -0.15) is 5.26 Å². The molecule has 1 atom stereocenters. The van der Waals surface area contributed by atoms with Crippen LogP contribution in [0.15, 0.2) is 53.7 Å². The van der Waals surface area contributed by atoms with Crippen LogP contribution in [0.4, 0.5) is 16.0 Å². The van der Waals surface area contributed by atoms with Crippen LogP contribution in [0.1, 0.15) is 24.4 Å².